The van der Waals surface area contributed by atoms with Crippen molar-refractivity contribution < 1.29 is 8.42 Å². The SMILES string of the molecule is CCC(C(=N)N)N1CCN(S(N)(=O)=O)CC1. The van der Waals surface area contributed by atoms with Gasteiger partial charge in [-0.25, -0.2) is 5.14 Å². The molecular formula is C8H19N5O2S. The molecule has 0 aromatic heterocycles. The van der Waals surface area contributed by atoms with Crippen molar-refractivity contribution in [3.63, 3.8) is 0 Å². The van der Waals surface area contributed by atoms with Gasteiger partial charge in [-0.2, -0.15) is 12.7 Å². The van der Waals surface area contributed by atoms with Crippen molar-refractivity contribution >= 4 is 16.0 Å². The van der Waals surface area contributed by atoms with E-state index in [2.05, 4.69) is 0 Å². The fourth-order valence-corrected chi connectivity index (χ4v) is 2.62. The molecule has 1 fully saturated rings. The van der Waals surface area contributed by atoms with Gasteiger partial charge >= 0.3 is 0 Å². The molecule has 1 atom stereocenters. The molecule has 1 rings (SSSR count). The molecule has 1 aliphatic rings. The zero-order valence-electron chi connectivity index (χ0n) is 9.39. The number of nitrogens with zero attached hydrogens (tertiary/aromatic N) is 2. The number of hydrogen-bond acceptors (Lipinski definition) is 4. The summed E-state index contributed by atoms with van der Waals surface area (Å²) in [6.45, 7) is 3.81. The maximum Gasteiger partial charge on any atom is 0.276 e. The summed E-state index contributed by atoms with van der Waals surface area (Å²) in [4.78, 5) is 2.02. The summed E-state index contributed by atoms with van der Waals surface area (Å²) in [5, 5.41) is 12.5. The summed E-state index contributed by atoms with van der Waals surface area (Å²) in [7, 11) is -3.58. The van der Waals surface area contributed by atoms with Gasteiger partial charge < -0.3 is 5.73 Å². The van der Waals surface area contributed by atoms with Crippen LogP contribution in [0.5, 0.6) is 0 Å². The summed E-state index contributed by atoms with van der Waals surface area (Å²) >= 11 is 0. The second-order valence-electron chi connectivity index (χ2n) is 3.86. The lowest BCUT2D eigenvalue weighted by atomic mass is 10.1. The van der Waals surface area contributed by atoms with Crippen LogP contribution in [0.4, 0.5) is 0 Å². The van der Waals surface area contributed by atoms with Crippen molar-refractivity contribution in [2.75, 3.05) is 26.2 Å². The topological polar surface area (TPSA) is 117 Å². The maximum absolute atomic E-state index is 11.1. The van der Waals surface area contributed by atoms with E-state index in [0.29, 0.717) is 26.2 Å². The van der Waals surface area contributed by atoms with Gasteiger partial charge in [0.2, 0.25) is 0 Å². The van der Waals surface area contributed by atoms with Crippen molar-refractivity contribution in [1.29, 1.82) is 5.41 Å². The average molecular weight is 249 g/mol. The molecular weight excluding hydrogens is 230 g/mol. The molecule has 0 spiro atoms. The van der Waals surface area contributed by atoms with Crippen LogP contribution in [0.15, 0.2) is 0 Å². The van der Waals surface area contributed by atoms with Crippen molar-refractivity contribution in [3.8, 4) is 0 Å². The van der Waals surface area contributed by atoms with Gasteiger partial charge in [-0.1, -0.05) is 6.92 Å². The summed E-state index contributed by atoms with van der Waals surface area (Å²) in [5.41, 5.74) is 5.48. The van der Waals surface area contributed by atoms with E-state index in [4.69, 9.17) is 16.3 Å². The molecule has 0 aromatic rings. The Bertz CT molecular complexity index is 347. The number of amidine groups is 1. The maximum atomic E-state index is 11.1. The van der Waals surface area contributed by atoms with Crippen LogP contribution in [0, 0.1) is 5.41 Å². The van der Waals surface area contributed by atoms with E-state index in [9.17, 15) is 8.42 Å². The molecule has 5 N–H and O–H groups in total. The molecule has 1 aliphatic heterocycles. The number of nitrogens with two attached hydrogens (primary N) is 2. The molecule has 7 nitrogen and oxygen atoms in total. The molecule has 1 saturated heterocycles. The standard InChI is InChI=1S/C8H19N5O2S/c1-2-7(8(9)10)12-3-5-13(6-4-12)16(11,14)15/h7H,2-6H2,1H3,(H3,9,10)(H2,11,14,15). The highest BCUT2D eigenvalue weighted by molar-refractivity contribution is 7.86. The Kier molecular flexibility index (Phi) is 4.25. The Balaban J connectivity index is 2.58. The van der Waals surface area contributed by atoms with Gasteiger partial charge in [0.05, 0.1) is 6.04 Å². The first kappa shape index (κ1) is 13.4. The lowest BCUT2D eigenvalue weighted by molar-refractivity contribution is 0.164. The molecule has 1 heterocycles. The van der Waals surface area contributed by atoms with Gasteiger partial charge in [-0.05, 0) is 6.42 Å². The summed E-state index contributed by atoms with van der Waals surface area (Å²) in [5.74, 6) is 0.131. The smallest absolute Gasteiger partial charge is 0.276 e. The van der Waals surface area contributed by atoms with Crippen LogP contribution in [-0.4, -0.2) is 55.7 Å². The van der Waals surface area contributed by atoms with Crippen LogP contribution in [0.25, 0.3) is 0 Å². The van der Waals surface area contributed by atoms with Gasteiger partial charge in [0, 0.05) is 26.2 Å². The molecule has 8 heteroatoms. The quantitative estimate of drug-likeness (QED) is 0.416. The minimum absolute atomic E-state index is 0.0948. The second kappa shape index (κ2) is 5.09. The van der Waals surface area contributed by atoms with E-state index in [-0.39, 0.29) is 11.9 Å². The van der Waals surface area contributed by atoms with Crippen molar-refractivity contribution in [2.45, 2.75) is 19.4 Å². The molecule has 0 amide bonds. The van der Waals surface area contributed by atoms with E-state index >= 15 is 0 Å². The lowest BCUT2D eigenvalue weighted by Gasteiger charge is -2.37. The number of nitrogens with one attached hydrogen (secondary N) is 1. The lowest BCUT2D eigenvalue weighted by Crippen LogP contribution is -2.55. The Morgan fingerprint density at radius 1 is 1.38 bits per heavy atom. The van der Waals surface area contributed by atoms with Gasteiger partial charge in [0.25, 0.3) is 10.2 Å². The van der Waals surface area contributed by atoms with Crippen LogP contribution in [0.2, 0.25) is 0 Å². The van der Waals surface area contributed by atoms with Crippen LogP contribution in [0.1, 0.15) is 13.3 Å². The average Bonchev–Trinajstić information content (AvgIpc) is 2.17. The van der Waals surface area contributed by atoms with Crippen LogP contribution >= 0.6 is 0 Å². The highest BCUT2D eigenvalue weighted by Gasteiger charge is 2.28. The van der Waals surface area contributed by atoms with Gasteiger partial charge in [0.1, 0.15) is 5.84 Å². The number of hydrogen-bond donors (Lipinski definition) is 3. The number of piperazine rings is 1. The molecule has 0 aromatic carbocycles. The Labute approximate surface area is 96.1 Å². The van der Waals surface area contributed by atoms with Crippen LogP contribution in [0.3, 0.4) is 0 Å². The van der Waals surface area contributed by atoms with E-state index in [1.165, 1.54) is 4.31 Å². The fourth-order valence-electron chi connectivity index (χ4n) is 1.94. The molecule has 0 aliphatic carbocycles. The first-order valence-corrected chi connectivity index (χ1v) is 6.72. The third-order valence-electron chi connectivity index (χ3n) is 2.82. The highest BCUT2D eigenvalue weighted by Crippen LogP contribution is 2.10. The first-order valence-electron chi connectivity index (χ1n) is 5.22. The summed E-state index contributed by atoms with van der Waals surface area (Å²) in [6.07, 6.45) is 0.755. The van der Waals surface area contributed by atoms with Crippen molar-refractivity contribution in [3.05, 3.63) is 0 Å². The third-order valence-corrected chi connectivity index (χ3v) is 3.90. The Morgan fingerprint density at radius 3 is 2.19 bits per heavy atom. The van der Waals surface area contributed by atoms with E-state index < -0.39 is 10.2 Å². The molecule has 0 saturated carbocycles. The molecule has 16 heavy (non-hydrogen) atoms. The largest absolute Gasteiger partial charge is 0.386 e. The van der Waals surface area contributed by atoms with Crippen LogP contribution < -0.4 is 10.9 Å². The molecule has 1 unspecified atom stereocenters. The van der Waals surface area contributed by atoms with E-state index in [1.807, 2.05) is 11.8 Å². The van der Waals surface area contributed by atoms with Gasteiger partial charge in [-0.3, -0.25) is 10.3 Å². The van der Waals surface area contributed by atoms with Gasteiger partial charge in [0.15, 0.2) is 0 Å². The first-order chi connectivity index (χ1) is 7.36. The second-order valence-corrected chi connectivity index (χ2v) is 5.41. The predicted octanol–water partition coefficient (Wildman–Crippen LogP) is -1.48. The predicted molar refractivity (Wildman–Crippen MR) is 62.2 cm³/mol. The minimum Gasteiger partial charge on any atom is -0.386 e. The molecule has 94 valence electrons. The molecule has 0 radical (unpaired) electrons. The summed E-state index contributed by atoms with van der Waals surface area (Å²) < 4.78 is 23.4. The normalized spacial score (nSPS) is 21.9. The van der Waals surface area contributed by atoms with Crippen LogP contribution in [-0.2, 0) is 10.2 Å². The zero-order chi connectivity index (χ0) is 12.3. The highest BCUT2D eigenvalue weighted by atomic mass is 32.2. The fraction of sp³-hybridized carbons (Fsp3) is 0.875. The van der Waals surface area contributed by atoms with Gasteiger partial charge in [-0.15, -0.1) is 0 Å². The third kappa shape index (κ3) is 3.14. The number of rotatable bonds is 4. The van der Waals surface area contributed by atoms with Crippen molar-refractivity contribution in [1.82, 2.24) is 9.21 Å². The van der Waals surface area contributed by atoms with E-state index in [1.54, 1.807) is 0 Å². The zero-order valence-corrected chi connectivity index (χ0v) is 10.2. The Hall–Kier alpha value is -0.700. The van der Waals surface area contributed by atoms with Crippen molar-refractivity contribution in [2.24, 2.45) is 10.9 Å². The Morgan fingerprint density at radius 2 is 1.88 bits per heavy atom. The monoisotopic (exact) mass is 249 g/mol. The summed E-state index contributed by atoms with van der Waals surface area (Å²) in [6, 6.07) is -0.0948. The molecule has 0 bridgehead atoms. The minimum atomic E-state index is -3.58. The van der Waals surface area contributed by atoms with E-state index in [0.717, 1.165) is 6.42 Å².